The van der Waals surface area contributed by atoms with Crippen molar-refractivity contribution in [1.82, 2.24) is 4.98 Å². The van der Waals surface area contributed by atoms with Crippen LogP contribution in [0.5, 0.6) is 5.75 Å². The van der Waals surface area contributed by atoms with E-state index in [1.165, 1.54) is 0 Å². The van der Waals surface area contributed by atoms with Gasteiger partial charge in [0.15, 0.2) is 5.58 Å². The largest absolute Gasteiger partial charge is 0.871 e. The number of benzene rings is 2. The van der Waals surface area contributed by atoms with Crippen molar-refractivity contribution in [3.05, 3.63) is 86.5 Å². The Morgan fingerprint density at radius 3 is 2.46 bits per heavy atom. The number of H-pyrrole nitrogens is 1. The minimum Gasteiger partial charge on any atom is -0.871 e. The van der Waals surface area contributed by atoms with Crippen LogP contribution in [0.15, 0.2) is 68.6 Å². The summed E-state index contributed by atoms with van der Waals surface area (Å²) < 4.78 is 5.36. The Morgan fingerprint density at radius 1 is 0.958 bits per heavy atom. The second-order valence-corrected chi connectivity index (χ2v) is 5.56. The molecule has 0 radical (unpaired) electrons. The number of pyridine rings is 1. The summed E-state index contributed by atoms with van der Waals surface area (Å²) in [5.41, 5.74) is 0.0846. The highest BCUT2D eigenvalue weighted by Crippen LogP contribution is 2.27. The second kappa shape index (κ2) is 5.38. The van der Waals surface area contributed by atoms with Gasteiger partial charge in [0.05, 0.1) is 10.9 Å². The molecule has 0 aliphatic rings. The molecule has 0 bridgehead atoms. The monoisotopic (exact) mass is 318 g/mol. The maximum atomic E-state index is 12.7. The lowest BCUT2D eigenvalue weighted by atomic mass is 10.0. The summed E-state index contributed by atoms with van der Waals surface area (Å²) in [5.74, 6) is -0.572. The van der Waals surface area contributed by atoms with E-state index in [-0.39, 0.29) is 23.0 Å². The van der Waals surface area contributed by atoms with E-state index in [9.17, 15) is 14.7 Å². The summed E-state index contributed by atoms with van der Waals surface area (Å²) in [5, 5.41) is 13.2. The van der Waals surface area contributed by atoms with Crippen molar-refractivity contribution in [2.24, 2.45) is 0 Å². The first-order chi connectivity index (χ1) is 11.6. The van der Waals surface area contributed by atoms with E-state index in [1.54, 1.807) is 24.3 Å². The first kappa shape index (κ1) is 14.3. The number of hydrogen-bond donors (Lipinski definition) is 1. The molecule has 0 spiro atoms. The van der Waals surface area contributed by atoms with Crippen molar-refractivity contribution in [3.8, 4) is 5.75 Å². The number of aromatic amines is 1. The Morgan fingerprint density at radius 2 is 1.67 bits per heavy atom. The molecule has 5 nitrogen and oxygen atoms in total. The van der Waals surface area contributed by atoms with Crippen LogP contribution in [0.4, 0.5) is 0 Å². The normalized spacial score (nSPS) is 11.2. The van der Waals surface area contributed by atoms with Crippen LogP contribution in [0.1, 0.15) is 11.1 Å². The maximum Gasteiger partial charge on any atom is 0.339 e. The number of aromatic nitrogens is 1. The van der Waals surface area contributed by atoms with E-state index < -0.39 is 16.9 Å². The minimum atomic E-state index is -0.702. The van der Waals surface area contributed by atoms with Gasteiger partial charge in [-0.3, -0.25) is 4.79 Å². The Hall–Kier alpha value is -3.34. The average Bonchev–Trinajstić information content (AvgIpc) is 2.59. The molecule has 0 saturated carbocycles. The Labute approximate surface area is 135 Å². The van der Waals surface area contributed by atoms with Crippen LogP contribution < -0.4 is 16.3 Å². The molecule has 0 aliphatic heterocycles. The standard InChI is InChI=1S/C19H13NO4/c21-16-13(10-11-6-2-1-3-7-11)19(23)24-17-12-8-4-5-9-14(12)20-18(22)15(16)17/h1-9,21H,10H2,(H,20,22)/p-1. The second-order valence-electron chi connectivity index (χ2n) is 5.56. The molecule has 24 heavy (non-hydrogen) atoms. The van der Waals surface area contributed by atoms with Crippen molar-refractivity contribution >= 4 is 21.9 Å². The van der Waals surface area contributed by atoms with E-state index in [1.807, 2.05) is 30.3 Å². The van der Waals surface area contributed by atoms with Crippen LogP contribution in [0.3, 0.4) is 0 Å². The predicted octanol–water partition coefficient (Wildman–Crippen LogP) is 2.30. The van der Waals surface area contributed by atoms with Gasteiger partial charge in [0, 0.05) is 17.4 Å². The van der Waals surface area contributed by atoms with Gasteiger partial charge in [-0.25, -0.2) is 4.79 Å². The van der Waals surface area contributed by atoms with Crippen LogP contribution in [0, 0.1) is 0 Å². The highest BCUT2D eigenvalue weighted by atomic mass is 16.4. The molecule has 1 N–H and O–H groups in total. The Bertz CT molecular complexity index is 1170. The van der Waals surface area contributed by atoms with E-state index in [2.05, 4.69) is 4.98 Å². The average molecular weight is 318 g/mol. The topological polar surface area (TPSA) is 86.1 Å². The van der Waals surface area contributed by atoms with Crippen molar-refractivity contribution in [2.45, 2.75) is 6.42 Å². The molecule has 2 heterocycles. The summed E-state index contributed by atoms with van der Waals surface area (Å²) in [4.78, 5) is 27.3. The Kier molecular flexibility index (Phi) is 3.20. The number of nitrogens with one attached hydrogen (secondary N) is 1. The third-order valence-corrected chi connectivity index (χ3v) is 4.04. The van der Waals surface area contributed by atoms with Gasteiger partial charge < -0.3 is 14.5 Å². The highest BCUT2D eigenvalue weighted by Gasteiger charge is 2.14. The molecular formula is C19H12NO4-. The molecule has 5 heteroatoms. The Balaban J connectivity index is 2.05. The molecular weight excluding hydrogens is 306 g/mol. The van der Waals surface area contributed by atoms with Crippen LogP contribution in [0.2, 0.25) is 0 Å². The number of para-hydroxylation sites is 1. The zero-order valence-electron chi connectivity index (χ0n) is 12.5. The van der Waals surface area contributed by atoms with Crippen LogP contribution in [0.25, 0.3) is 21.9 Å². The van der Waals surface area contributed by atoms with Gasteiger partial charge in [-0.15, -0.1) is 0 Å². The van der Waals surface area contributed by atoms with Gasteiger partial charge in [0.1, 0.15) is 0 Å². The molecule has 0 fully saturated rings. The summed E-state index contributed by atoms with van der Waals surface area (Å²) in [6.45, 7) is 0. The zero-order valence-corrected chi connectivity index (χ0v) is 12.5. The lowest BCUT2D eigenvalue weighted by Crippen LogP contribution is -2.18. The van der Waals surface area contributed by atoms with Crippen molar-refractivity contribution in [3.63, 3.8) is 0 Å². The van der Waals surface area contributed by atoms with Crippen molar-refractivity contribution in [2.75, 3.05) is 0 Å². The van der Waals surface area contributed by atoms with Gasteiger partial charge in [0.2, 0.25) is 0 Å². The quantitative estimate of drug-likeness (QED) is 0.575. The molecule has 0 unspecified atom stereocenters. The molecule has 0 amide bonds. The van der Waals surface area contributed by atoms with Crippen molar-refractivity contribution in [1.29, 1.82) is 0 Å². The first-order valence-corrected chi connectivity index (χ1v) is 7.47. The molecule has 0 atom stereocenters. The smallest absolute Gasteiger partial charge is 0.339 e. The van der Waals surface area contributed by atoms with E-state index in [0.717, 1.165) is 5.56 Å². The van der Waals surface area contributed by atoms with Gasteiger partial charge in [-0.2, -0.15) is 0 Å². The van der Waals surface area contributed by atoms with Gasteiger partial charge in [-0.05, 0) is 17.7 Å². The first-order valence-electron chi connectivity index (χ1n) is 7.47. The van der Waals surface area contributed by atoms with E-state index >= 15 is 0 Å². The van der Waals surface area contributed by atoms with Crippen LogP contribution in [-0.4, -0.2) is 4.98 Å². The summed E-state index contributed by atoms with van der Waals surface area (Å²) in [6, 6.07) is 16.0. The summed E-state index contributed by atoms with van der Waals surface area (Å²) >= 11 is 0. The highest BCUT2D eigenvalue weighted by molar-refractivity contribution is 6.03. The fraction of sp³-hybridized carbons (Fsp3) is 0.0526. The van der Waals surface area contributed by atoms with Gasteiger partial charge >= 0.3 is 5.63 Å². The predicted molar refractivity (Wildman–Crippen MR) is 89.3 cm³/mol. The fourth-order valence-electron chi connectivity index (χ4n) is 2.88. The van der Waals surface area contributed by atoms with Crippen molar-refractivity contribution < 1.29 is 9.52 Å². The summed E-state index contributed by atoms with van der Waals surface area (Å²) in [6.07, 6.45) is 0.129. The lowest BCUT2D eigenvalue weighted by molar-refractivity contribution is -0.267. The minimum absolute atomic E-state index is 0.0329. The lowest BCUT2D eigenvalue weighted by Gasteiger charge is -2.15. The molecule has 118 valence electrons. The third kappa shape index (κ3) is 2.18. The zero-order chi connectivity index (χ0) is 16.7. The number of fused-ring (bicyclic) bond motifs is 3. The molecule has 2 aromatic heterocycles. The van der Waals surface area contributed by atoms with Gasteiger partial charge in [0.25, 0.3) is 5.56 Å². The van der Waals surface area contributed by atoms with Gasteiger partial charge in [-0.1, -0.05) is 48.2 Å². The maximum absolute atomic E-state index is 12.7. The third-order valence-electron chi connectivity index (χ3n) is 4.04. The SMILES string of the molecule is O=c1oc2c(c([O-])c1Cc1ccccc1)c(=O)[nH]c1ccccc12. The molecule has 4 rings (SSSR count). The molecule has 0 saturated heterocycles. The molecule has 0 aliphatic carbocycles. The van der Waals surface area contributed by atoms with Crippen LogP contribution in [-0.2, 0) is 6.42 Å². The van der Waals surface area contributed by atoms with E-state index in [4.69, 9.17) is 4.42 Å². The fourth-order valence-corrected chi connectivity index (χ4v) is 2.88. The van der Waals surface area contributed by atoms with E-state index in [0.29, 0.717) is 10.9 Å². The molecule has 2 aromatic carbocycles. The number of hydrogen-bond acceptors (Lipinski definition) is 4. The molecule has 4 aromatic rings. The van der Waals surface area contributed by atoms with Crippen LogP contribution >= 0.6 is 0 Å². The number of rotatable bonds is 2. The summed E-state index contributed by atoms with van der Waals surface area (Å²) in [7, 11) is 0.